The first-order valence-electron chi connectivity index (χ1n) is 21.3. The lowest BCUT2D eigenvalue weighted by Gasteiger charge is -2.22. The SMILES string of the molecule is C=C/C=C(\C=C)CCC[NH2+]C[C@H](OC)C(CC)CC.O=CNC(c1ccccc1)c1cccc(OCCCCCCCNCC(O)c2ccc(O)c3[nH]c(=O)ccc23)c1. The number of rotatable bonds is 28. The number of quaternary nitrogens is 1. The number of ether oxygens (including phenoxy) is 2. The molecule has 10 heteroatoms. The summed E-state index contributed by atoms with van der Waals surface area (Å²) in [7, 11) is 1.83. The van der Waals surface area contributed by atoms with Gasteiger partial charge >= 0.3 is 0 Å². The van der Waals surface area contributed by atoms with E-state index in [1.54, 1.807) is 12.1 Å². The molecular weight excluding hydrogens is 741 g/mol. The summed E-state index contributed by atoms with van der Waals surface area (Å²) < 4.78 is 11.6. The number of phenols is 1. The molecule has 4 aromatic rings. The van der Waals surface area contributed by atoms with Gasteiger partial charge in [-0.25, -0.2) is 0 Å². The summed E-state index contributed by atoms with van der Waals surface area (Å²) in [5.41, 5.74) is 3.97. The van der Waals surface area contributed by atoms with Crippen LogP contribution in [-0.4, -0.2) is 67.6 Å². The number of hydrogen-bond donors (Lipinski definition) is 6. The number of allylic oxidation sites excluding steroid dienone is 4. The summed E-state index contributed by atoms with van der Waals surface area (Å²) in [6.45, 7) is 16.1. The minimum absolute atomic E-state index is 0.0147. The maximum absolute atomic E-state index is 11.6. The van der Waals surface area contributed by atoms with Gasteiger partial charge < -0.3 is 40.6 Å². The van der Waals surface area contributed by atoms with Gasteiger partial charge in [-0.15, -0.1) is 0 Å². The van der Waals surface area contributed by atoms with Crippen LogP contribution in [-0.2, 0) is 9.53 Å². The van der Waals surface area contributed by atoms with Crippen molar-refractivity contribution in [3.8, 4) is 11.5 Å². The Labute approximate surface area is 351 Å². The van der Waals surface area contributed by atoms with Gasteiger partial charge in [0.2, 0.25) is 12.0 Å². The maximum Gasteiger partial charge on any atom is 0.248 e. The molecule has 320 valence electrons. The van der Waals surface area contributed by atoms with Crippen LogP contribution in [0.3, 0.4) is 0 Å². The minimum atomic E-state index is -0.748. The Morgan fingerprint density at radius 2 is 1.66 bits per heavy atom. The molecule has 0 spiro atoms. The van der Waals surface area contributed by atoms with Gasteiger partial charge in [0.1, 0.15) is 24.1 Å². The Morgan fingerprint density at radius 1 is 0.915 bits per heavy atom. The zero-order chi connectivity index (χ0) is 42.7. The Kier molecular flexibility index (Phi) is 23.3. The lowest BCUT2D eigenvalue weighted by Crippen LogP contribution is -2.86. The lowest BCUT2D eigenvalue weighted by atomic mass is 9.96. The molecule has 4 rings (SSSR count). The van der Waals surface area contributed by atoms with Crippen LogP contribution in [0.2, 0.25) is 0 Å². The predicted octanol–water partition coefficient (Wildman–Crippen LogP) is 7.80. The van der Waals surface area contributed by atoms with Crippen molar-refractivity contribution in [3.63, 3.8) is 0 Å². The lowest BCUT2D eigenvalue weighted by molar-refractivity contribution is -0.662. The number of methoxy groups -OCH3 is 1. The van der Waals surface area contributed by atoms with Crippen molar-refractivity contribution in [1.29, 1.82) is 0 Å². The number of benzene rings is 3. The zero-order valence-electron chi connectivity index (χ0n) is 35.5. The fourth-order valence-electron chi connectivity index (χ4n) is 7.29. The van der Waals surface area contributed by atoms with Gasteiger partial charge in [-0.05, 0) is 78.3 Å². The van der Waals surface area contributed by atoms with Crippen LogP contribution < -0.4 is 26.2 Å². The Morgan fingerprint density at radius 3 is 2.37 bits per heavy atom. The van der Waals surface area contributed by atoms with Crippen LogP contribution in [0, 0.1) is 5.92 Å². The predicted molar refractivity (Wildman–Crippen MR) is 241 cm³/mol. The molecule has 0 saturated carbocycles. The first-order chi connectivity index (χ1) is 28.8. The molecule has 0 aliphatic rings. The Hall–Kier alpha value is -5.00. The van der Waals surface area contributed by atoms with Crippen LogP contribution in [0.25, 0.3) is 10.9 Å². The highest BCUT2D eigenvalue weighted by atomic mass is 16.5. The number of unbranched alkanes of at least 4 members (excludes halogenated alkanes) is 4. The van der Waals surface area contributed by atoms with E-state index in [9.17, 15) is 19.8 Å². The molecule has 3 atom stereocenters. The number of aromatic amines is 1. The summed E-state index contributed by atoms with van der Waals surface area (Å²) in [5.74, 6) is 1.46. The summed E-state index contributed by atoms with van der Waals surface area (Å²) in [6, 6.07) is 23.7. The van der Waals surface area contributed by atoms with E-state index in [1.807, 2.05) is 79.9 Å². The van der Waals surface area contributed by atoms with E-state index in [4.69, 9.17) is 9.47 Å². The first-order valence-corrected chi connectivity index (χ1v) is 21.3. The number of amides is 1. The molecule has 1 amide bonds. The number of hydrogen-bond acceptors (Lipinski definition) is 7. The van der Waals surface area contributed by atoms with E-state index < -0.39 is 6.10 Å². The van der Waals surface area contributed by atoms with Crippen LogP contribution in [0.15, 0.2) is 121 Å². The largest absolute Gasteiger partial charge is 0.506 e. The van der Waals surface area contributed by atoms with Crippen molar-refractivity contribution in [2.24, 2.45) is 5.92 Å². The standard InChI is InChI=1S/C32H37N3O5.C17H31NO/c36-22-34-31(23-10-5-4-6-11-23)24-12-9-13-25(20-24)40-19-8-3-1-2-7-18-33-21-29(38)26-14-16-28(37)32-27(26)15-17-30(39)35-32;1-6-11-15(7-2)12-10-13-18-14-17(19-5)16(8-3)9-4/h4-6,9-17,20,22,29,31,33,37-38H,1-3,7-8,18-19,21H2,(H,34,36)(H,35,39);6-7,11,16-18H,1-2,8-10,12-14H2,3-5H3/p+1/b;15-11+/t;17-/m.0/s1. The van der Waals surface area contributed by atoms with Gasteiger partial charge in [0.15, 0.2) is 0 Å². The molecule has 7 N–H and O–H groups in total. The number of nitrogens with one attached hydrogen (secondary N) is 3. The number of aromatic hydroxyl groups is 1. The summed E-state index contributed by atoms with van der Waals surface area (Å²) in [4.78, 5) is 25.4. The number of aromatic nitrogens is 1. The van der Waals surface area contributed by atoms with Crippen molar-refractivity contribution in [2.75, 3.05) is 39.9 Å². The minimum Gasteiger partial charge on any atom is -0.506 e. The quantitative estimate of drug-likeness (QED) is 0.0195. The zero-order valence-corrected chi connectivity index (χ0v) is 35.5. The van der Waals surface area contributed by atoms with Gasteiger partial charge in [-0.1, -0.05) is 126 Å². The number of nitrogens with two attached hydrogens (primary N) is 1. The number of carbonyl (C=O) groups is 1. The van der Waals surface area contributed by atoms with E-state index in [1.165, 1.54) is 37.0 Å². The van der Waals surface area contributed by atoms with Crippen molar-refractivity contribution in [3.05, 3.63) is 143 Å². The third kappa shape index (κ3) is 17.0. The second-order valence-corrected chi connectivity index (χ2v) is 14.8. The van der Waals surface area contributed by atoms with E-state index >= 15 is 0 Å². The molecule has 0 radical (unpaired) electrons. The summed E-state index contributed by atoms with van der Waals surface area (Å²) in [5, 5.41) is 29.9. The topological polar surface area (TPSA) is 150 Å². The van der Waals surface area contributed by atoms with E-state index in [-0.39, 0.29) is 17.4 Å². The van der Waals surface area contributed by atoms with Gasteiger partial charge in [-0.3, -0.25) is 9.59 Å². The number of phenolic OH excluding ortho intramolecular Hbond substituents is 1. The van der Waals surface area contributed by atoms with Crippen molar-refractivity contribution >= 4 is 17.3 Å². The Bertz CT molecular complexity index is 1890. The Balaban J connectivity index is 0.000000414. The van der Waals surface area contributed by atoms with Crippen LogP contribution in [0.5, 0.6) is 11.5 Å². The molecule has 0 bridgehead atoms. The van der Waals surface area contributed by atoms with Crippen molar-refractivity contribution in [2.45, 2.75) is 89.9 Å². The maximum atomic E-state index is 11.6. The molecule has 0 aliphatic heterocycles. The highest BCUT2D eigenvalue weighted by Crippen LogP contribution is 2.29. The van der Waals surface area contributed by atoms with Crippen LogP contribution in [0.1, 0.15) is 100 Å². The smallest absolute Gasteiger partial charge is 0.248 e. The fraction of sp³-hybridized carbons (Fsp3) is 0.429. The highest BCUT2D eigenvalue weighted by Gasteiger charge is 2.19. The van der Waals surface area contributed by atoms with E-state index in [0.717, 1.165) is 81.4 Å². The van der Waals surface area contributed by atoms with Gasteiger partial charge in [0.25, 0.3) is 0 Å². The number of aliphatic hydroxyl groups excluding tert-OH is 1. The van der Waals surface area contributed by atoms with Crippen LogP contribution >= 0.6 is 0 Å². The molecule has 0 fully saturated rings. The average molecular weight is 810 g/mol. The molecule has 1 aromatic heterocycles. The van der Waals surface area contributed by atoms with Gasteiger partial charge in [0.05, 0.1) is 30.8 Å². The van der Waals surface area contributed by atoms with E-state index in [0.29, 0.717) is 41.6 Å². The third-order valence-electron chi connectivity index (χ3n) is 10.7. The number of H-pyrrole nitrogens is 1. The molecule has 0 saturated heterocycles. The monoisotopic (exact) mass is 810 g/mol. The fourth-order valence-corrected chi connectivity index (χ4v) is 7.29. The number of carbonyl (C=O) groups excluding carboxylic acids is 1. The number of aliphatic hydroxyl groups is 1. The van der Waals surface area contributed by atoms with Gasteiger partial charge in [0, 0.05) is 31.5 Å². The second-order valence-electron chi connectivity index (χ2n) is 14.8. The molecular formula is C49H69N4O6+. The number of fused-ring (bicyclic) bond motifs is 1. The molecule has 59 heavy (non-hydrogen) atoms. The summed E-state index contributed by atoms with van der Waals surface area (Å²) >= 11 is 0. The van der Waals surface area contributed by atoms with Crippen molar-refractivity contribution < 1.29 is 29.8 Å². The summed E-state index contributed by atoms with van der Waals surface area (Å²) in [6.07, 6.45) is 16.0. The second kappa shape index (κ2) is 28.4. The van der Waals surface area contributed by atoms with E-state index in [2.05, 4.69) is 47.9 Å². The highest BCUT2D eigenvalue weighted by molar-refractivity contribution is 5.87. The molecule has 2 unspecified atom stereocenters. The normalized spacial score (nSPS) is 12.9. The molecule has 3 aromatic carbocycles. The molecule has 0 aliphatic carbocycles. The van der Waals surface area contributed by atoms with Gasteiger partial charge in [-0.2, -0.15) is 0 Å². The average Bonchev–Trinajstić information content (AvgIpc) is 3.26. The first kappa shape index (κ1) is 48.4. The van der Waals surface area contributed by atoms with Crippen LogP contribution in [0.4, 0.5) is 0 Å². The van der Waals surface area contributed by atoms with Crippen molar-refractivity contribution in [1.82, 2.24) is 15.6 Å². The number of pyridine rings is 1. The molecule has 10 nitrogen and oxygen atoms in total. The molecule has 1 heterocycles. The third-order valence-corrected chi connectivity index (χ3v) is 10.7.